The molecule has 1 aliphatic carbocycles. The van der Waals surface area contributed by atoms with Crippen LogP contribution in [0.1, 0.15) is 51.4 Å². The molecule has 0 aromatic heterocycles. The van der Waals surface area contributed by atoms with Gasteiger partial charge in [0.25, 0.3) is 0 Å². The molecule has 192 valence electrons. The zero-order valence-electron chi connectivity index (χ0n) is 20.7. The van der Waals surface area contributed by atoms with Crippen LogP contribution in [0.3, 0.4) is 0 Å². The van der Waals surface area contributed by atoms with Crippen molar-refractivity contribution >= 4 is 29.3 Å². The number of benzene rings is 2. The van der Waals surface area contributed by atoms with E-state index in [0.29, 0.717) is 0 Å². The number of carboxylic acids is 1. The van der Waals surface area contributed by atoms with Gasteiger partial charge in [0.05, 0.1) is 11.1 Å². The Kier molecular flexibility index (Phi) is 7.91. The van der Waals surface area contributed by atoms with Crippen LogP contribution in [0.2, 0.25) is 0 Å². The minimum Gasteiger partial charge on any atom is -0.481 e. The van der Waals surface area contributed by atoms with Gasteiger partial charge in [-0.2, -0.15) is 0 Å². The van der Waals surface area contributed by atoms with Gasteiger partial charge in [0.2, 0.25) is 5.91 Å². The fourth-order valence-electron chi connectivity index (χ4n) is 5.49. The summed E-state index contributed by atoms with van der Waals surface area (Å²) in [6.45, 7) is 0.373. The molecule has 2 aliphatic rings. The van der Waals surface area contributed by atoms with E-state index < -0.39 is 23.2 Å². The van der Waals surface area contributed by atoms with Crippen LogP contribution < -0.4 is 9.80 Å². The Morgan fingerprint density at radius 3 is 2.19 bits per heavy atom. The molecule has 1 saturated heterocycles. The first kappa shape index (κ1) is 25.7. The number of anilines is 2. The number of carboxylic acid groups (broad SMARTS) is 1. The van der Waals surface area contributed by atoms with Crippen LogP contribution in [0.15, 0.2) is 54.6 Å². The molecule has 4 rings (SSSR count). The number of carbonyl (C=O) groups excluding carboxylic acids is 2. The van der Waals surface area contributed by atoms with Gasteiger partial charge in [0.15, 0.2) is 0 Å². The molecule has 2 aromatic carbocycles. The number of urea groups is 1. The van der Waals surface area contributed by atoms with Crippen LogP contribution in [-0.2, 0) is 9.59 Å². The average molecular weight is 496 g/mol. The molecule has 7 nitrogen and oxygen atoms in total. The van der Waals surface area contributed by atoms with E-state index >= 15 is 0 Å². The van der Waals surface area contributed by atoms with Crippen molar-refractivity contribution < 1.29 is 23.9 Å². The summed E-state index contributed by atoms with van der Waals surface area (Å²) < 4.78 is 14.2. The van der Waals surface area contributed by atoms with E-state index in [1.165, 1.54) is 29.0 Å². The predicted molar refractivity (Wildman–Crippen MR) is 136 cm³/mol. The minimum absolute atomic E-state index is 0.0654. The summed E-state index contributed by atoms with van der Waals surface area (Å²) in [5.41, 5.74) is -0.278. The number of rotatable bonds is 6. The van der Waals surface area contributed by atoms with Crippen molar-refractivity contribution in [2.75, 3.05) is 29.9 Å². The molecule has 1 heterocycles. The molecule has 36 heavy (non-hydrogen) atoms. The quantitative estimate of drug-likeness (QED) is 0.589. The second-order valence-corrected chi connectivity index (χ2v) is 9.93. The van der Waals surface area contributed by atoms with Gasteiger partial charge in [0.1, 0.15) is 5.82 Å². The topological polar surface area (TPSA) is 81.2 Å². The van der Waals surface area contributed by atoms with E-state index in [1.807, 2.05) is 35.2 Å². The highest BCUT2D eigenvalue weighted by Gasteiger charge is 2.46. The lowest BCUT2D eigenvalue weighted by molar-refractivity contribution is -0.154. The van der Waals surface area contributed by atoms with Crippen LogP contribution >= 0.6 is 0 Å². The molecule has 2 fully saturated rings. The number of hydrogen-bond acceptors (Lipinski definition) is 3. The Balaban J connectivity index is 1.48. The second-order valence-electron chi connectivity index (χ2n) is 9.93. The molecular formula is C28H34FN3O4. The summed E-state index contributed by atoms with van der Waals surface area (Å²) in [5.74, 6) is -1.69. The van der Waals surface area contributed by atoms with Gasteiger partial charge in [0, 0.05) is 38.3 Å². The molecule has 1 N–H and O–H groups in total. The average Bonchev–Trinajstić information content (AvgIpc) is 2.90. The number of para-hydroxylation sites is 2. The number of aliphatic carboxylic acids is 1. The standard InChI is InChI=1S/C28H34FN3O4/c1-30(24-15-9-8-14-23(24)29)27(36)31-18-16-28(17-19-31,26(34)35)20-25(33)32(21-10-4-2-5-11-21)22-12-6-3-7-13-22/h2,4-5,8-11,14-15,22H,3,6-7,12-13,16-20H2,1H3,(H,34,35). The number of nitrogens with zero attached hydrogens (tertiary/aromatic N) is 3. The van der Waals surface area contributed by atoms with Crippen LogP contribution in [0.4, 0.5) is 20.6 Å². The lowest BCUT2D eigenvalue weighted by atomic mass is 9.75. The monoisotopic (exact) mass is 495 g/mol. The SMILES string of the molecule is CN(C(=O)N1CCC(CC(=O)N(c2ccccc2)C2CCCCC2)(C(=O)O)CC1)c1ccccc1F. The Morgan fingerprint density at radius 1 is 0.972 bits per heavy atom. The minimum atomic E-state index is -1.24. The Hall–Kier alpha value is -3.42. The molecule has 1 aliphatic heterocycles. The normalized spacial score (nSPS) is 17.9. The van der Waals surface area contributed by atoms with Crippen LogP contribution in [0.5, 0.6) is 0 Å². The molecule has 3 amide bonds. The molecule has 1 saturated carbocycles. The first-order valence-electron chi connectivity index (χ1n) is 12.7. The van der Waals surface area contributed by atoms with Crippen molar-refractivity contribution in [3.8, 4) is 0 Å². The molecular weight excluding hydrogens is 461 g/mol. The van der Waals surface area contributed by atoms with Gasteiger partial charge >= 0.3 is 12.0 Å². The molecule has 0 radical (unpaired) electrons. The zero-order chi connectivity index (χ0) is 25.7. The van der Waals surface area contributed by atoms with E-state index in [2.05, 4.69) is 0 Å². The van der Waals surface area contributed by atoms with Crippen LogP contribution in [-0.4, -0.2) is 54.1 Å². The van der Waals surface area contributed by atoms with Gasteiger partial charge in [-0.05, 0) is 49.9 Å². The number of hydrogen-bond donors (Lipinski definition) is 1. The van der Waals surface area contributed by atoms with E-state index in [1.54, 1.807) is 12.1 Å². The number of likely N-dealkylation sites (tertiary alicyclic amines) is 1. The maximum absolute atomic E-state index is 14.2. The Morgan fingerprint density at radius 2 is 1.58 bits per heavy atom. The van der Waals surface area contributed by atoms with Gasteiger partial charge in [-0.1, -0.05) is 49.6 Å². The number of amides is 3. The molecule has 2 aromatic rings. The van der Waals surface area contributed by atoms with Crippen molar-refractivity contribution in [1.82, 2.24) is 4.90 Å². The van der Waals surface area contributed by atoms with E-state index in [9.17, 15) is 23.9 Å². The lowest BCUT2D eigenvalue weighted by Gasteiger charge is -2.41. The summed E-state index contributed by atoms with van der Waals surface area (Å²) in [4.78, 5) is 43.8. The first-order chi connectivity index (χ1) is 17.3. The van der Waals surface area contributed by atoms with E-state index in [-0.39, 0.29) is 50.0 Å². The van der Waals surface area contributed by atoms with Gasteiger partial charge < -0.3 is 14.9 Å². The number of piperidine rings is 1. The van der Waals surface area contributed by atoms with Crippen molar-refractivity contribution in [1.29, 1.82) is 0 Å². The van der Waals surface area contributed by atoms with E-state index in [0.717, 1.165) is 37.8 Å². The highest BCUT2D eigenvalue weighted by atomic mass is 19.1. The Bertz CT molecular complexity index is 1080. The van der Waals surface area contributed by atoms with Crippen LogP contribution in [0, 0.1) is 11.2 Å². The molecule has 0 atom stereocenters. The highest BCUT2D eigenvalue weighted by Crippen LogP contribution is 2.38. The fourth-order valence-corrected chi connectivity index (χ4v) is 5.49. The van der Waals surface area contributed by atoms with Gasteiger partial charge in [-0.25, -0.2) is 9.18 Å². The Labute approximate surface area is 211 Å². The van der Waals surface area contributed by atoms with Gasteiger partial charge in [-0.3, -0.25) is 14.5 Å². The highest BCUT2D eigenvalue weighted by molar-refractivity contribution is 5.97. The maximum atomic E-state index is 14.2. The molecule has 0 bridgehead atoms. The molecule has 0 spiro atoms. The predicted octanol–water partition coefficient (Wildman–Crippen LogP) is 5.30. The van der Waals surface area contributed by atoms with Gasteiger partial charge in [-0.15, -0.1) is 0 Å². The largest absolute Gasteiger partial charge is 0.481 e. The summed E-state index contributed by atoms with van der Waals surface area (Å²) in [7, 11) is 1.51. The third-order valence-electron chi connectivity index (χ3n) is 7.68. The molecule has 0 unspecified atom stereocenters. The van der Waals surface area contributed by atoms with Crippen molar-refractivity contribution in [3.63, 3.8) is 0 Å². The number of carbonyl (C=O) groups is 3. The van der Waals surface area contributed by atoms with Crippen molar-refractivity contribution in [2.24, 2.45) is 5.41 Å². The summed E-state index contributed by atoms with van der Waals surface area (Å²) in [6.07, 6.45) is 5.29. The summed E-state index contributed by atoms with van der Waals surface area (Å²) in [5, 5.41) is 10.2. The fraction of sp³-hybridized carbons (Fsp3) is 0.464. The molecule has 8 heteroatoms. The van der Waals surface area contributed by atoms with E-state index in [4.69, 9.17) is 0 Å². The summed E-state index contributed by atoms with van der Waals surface area (Å²) >= 11 is 0. The van der Waals surface area contributed by atoms with Crippen molar-refractivity contribution in [2.45, 2.75) is 57.4 Å². The zero-order valence-corrected chi connectivity index (χ0v) is 20.7. The summed E-state index contributed by atoms with van der Waals surface area (Å²) in [6, 6.07) is 15.2. The second kappa shape index (κ2) is 11.1. The van der Waals surface area contributed by atoms with Crippen molar-refractivity contribution in [3.05, 3.63) is 60.4 Å². The third kappa shape index (κ3) is 5.37. The van der Waals surface area contributed by atoms with Crippen LogP contribution in [0.25, 0.3) is 0 Å². The smallest absolute Gasteiger partial charge is 0.324 e. The lowest BCUT2D eigenvalue weighted by Crippen LogP contribution is -2.52. The number of halogens is 1. The first-order valence-corrected chi connectivity index (χ1v) is 12.7. The third-order valence-corrected chi connectivity index (χ3v) is 7.68. The maximum Gasteiger partial charge on any atom is 0.324 e.